The number of ketones is 2. The third-order valence-corrected chi connectivity index (χ3v) is 4.15. The van der Waals surface area contributed by atoms with E-state index in [0.717, 1.165) is 4.47 Å². The van der Waals surface area contributed by atoms with Crippen LogP contribution < -0.4 is 0 Å². The molecule has 0 bridgehead atoms. The summed E-state index contributed by atoms with van der Waals surface area (Å²) >= 11 is 3.33. The summed E-state index contributed by atoms with van der Waals surface area (Å²) in [5, 5.41) is 0. The standard InChI is InChI=1S/C20H12BrFO2/c21-17-9-5-15(6-10-17)19(23)13-1-3-14(4-2-13)20(24)16-7-11-18(22)12-8-16/h1-12H. The molecule has 3 rings (SSSR count). The van der Waals surface area contributed by atoms with Crippen LogP contribution in [0.25, 0.3) is 0 Å². The average Bonchev–Trinajstić information content (AvgIpc) is 2.62. The Kier molecular flexibility index (Phi) is 4.67. The Morgan fingerprint density at radius 2 is 0.875 bits per heavy atom. The summed E-state index contributed by atoms with van der Waals surface area (Å²) in [4.78, 5) is 24.7. The highest BCUT2D eigenvalue weighted by Gasteiger charge is 2.12. The van der Waals surface area contributed by atoms with Crippen molar-refractivity contribution in [1.29, 1.82) is 0 Å². The van der Waals surface area contributed by atoms with Gasteiger partial charge >= 0.3 is 0 Å². The molecule has 3 aromatic carbocycles. The van der Waals surface area contributed by atoms with Crippen LogP contribution in [0.1, 0.15) is 31.8 Å². The minimum atomic E-state index is -0.387. The molecular formula is C20H12BrFO2. The summed E-state index contributed by atoms with van der Waals surface area (Å²) in [6, 6.07) is 18.9. The number of hydrogen-bond acceptors (Lipinski definition) is 2. The summed E-state index contributed by atoms with van der Waals surface area (Å²) < 4.78 is 13.8. The minimum Gasteiger partial charge on any atom is -0.289 e. The molecule has 0 amide bonds. The van der Waals surface area contributed by atoms with E-state index in [1.807, 2.05) is 0 Å². The Hall–Kier alpha value is -2.59. The first-order valence-corrected chi connectivity index (χ1v) is 8.04. The van der Waals surface area contributed by atoms with E-state index >= 15 is 0 Å². The highest BCUT2D eigenvalue weighted by molar-refractivity contribution is 9.10. The van der Waals surface area contributed by atoms with Gasteiger partial charge in [0.05, 0.1) is 0 Å². The fraction of sp³-hybridized carbons (Fsp3) is 0. The molecule has 0 aliphatic rings. The Bertz CT molecular complexity index is 806. The van der Waals surface area contributed by atoms with Crippen LogP contribution in [0.5, 0.6) is 0 Å². The molecule has 0 fully saturated rings. The summed E-state index contributed by atoms with van der Waals surface area (Å²) in [6.45, 7) is 0. The predicted molar refractivity (Wildman–Crippen MR) is 93.8 cm³/mol. The fourth-order valence-electron chi connectivity index (χ4n) is 2.31. The van der Waals surface area contributed by atoms with Crippen molar-refractivity contribution in [1.82, 2.24) is 0 Å². The second-order valence-corrected chi connectivity index (χ2v) is 6.17. The molecule has 0 spiro atoms. The minimum absolute atomic E-state index is 0.108. The summed E-state index contributed by atoms with van der Waals surface area (Å²) in [5.41, 5.74) is 1.95. The fourth-order valence-corrected chi connectivity index (χ4v) is 2.57. The zero-order valence-corrected chi connectivity index (χ0v) is 14.1. The summed E-state index contributed by atoms with van der Waals surface area (Å²) in [5.74, 6) is -0.706. The van der Waals surface area contributed by atoms with E-state index in [0.29, 0.717) is 22.3 Å². The molecule has 3 aromatic rings. The van der Waals surface area contributed by atoms with Gasteiger partial charge in [-0.25, -0.2) is 4.39 Å². The van der Waals surface area contributed by atoms with E-state index in [1.165, 1.54) is 24.3 Å². The molecule has 0 heterocycles. The van der Waals surface area contributed by atoms with Crippen molar-refractivity contribution in [3.63, 3.8) is 0 Å². The lowest BCUT2D eigenvalue weighted by Gasteiger charge is -2.04. The SMILES string of the molecule is O=C(c1ccc(F)cc1)c1ccc(C(=O)c2ccc(Br)cc2)cc1. The van der Waals surface area contributed by atoms with Crippen LogP contribution in [0.2, 0.25) is 0 Å². The van der Waals surface area contributed by atoms with Gasteiger partial charge in [0.2, 0.25) is 0 Å². The number of carbonyl (C=O) groups is 2. The van der Waals surface area contributed by atoms with Gasteiger partial charge in [0, 0.05) is 26.7 Å². The molecule has 2 nitrogen and oxygen atoms in total. The molecule has 118 valence electrons. The van der Waals surface area contributed by atoms with Crippen molar-refractivity contribution in [2.24, 2.45) is 0 Å². The van der Waals surface area contributed by atoms with Gasteiger partial charge < -0.3 is 0 Å². The maximum atomic E-state index is 12.9. The third-order valence-electron chi connectivity index (χ3n) is 3.62. The van der Waals surface area contributed by atoms with Crippen molar-refractivity contribution in [2.75, 3.05) is 0 Å². The van der Waals surface area contributed by atoms with Gasteiger partial charge in [-0.05, 0) is 48.5 Å². The smallest absolute Gasteiger partial charge is 0.193 e. The van der Waals surface area contributed by atoms with Gasteiger partial charge in [-0.15, -0.1) is 0 Å². The maximum absolute atomic E-state index is 12.9. The Labute approximate surface area is 147 Å². The van der Waals surface area contributed by atoms with Crippen molar-refractivity contribution >= 4 is 27.5 Å². The number of carbonyl (C=O) groups excluding carboxylic acids is 2. The number of rotatable bonds is 4. The predicted octanol–water partition coefficient (Wildman–Crippen LogP) is 5.05. The van der Waals surface area contributed by atoms with Gasteiger partial charge in [-0.3, -0.25) is 9.59 Å². The average molecular weight is 383 g/mol. The van der Waals surface area contributed by atoms with Crippen molar-refractivity contribution < 1.29 is 14.0 Å². The maximum Gasteiger partial charge on any atom is 0.193 e. The third kappa shape index (κ3) is 3.49. The highest BCUT2D eigenvalue weighted by atomic mass is 79.9. The molecule has 0 unspecified atom stereocenters. The van der Waals surface area contributed by atoms with Gasteiger partial charge in [-0.2, -0.15) is 0 Å². The molecule has 24 heavy (non-hydrogen) atoms. The number of hydrogen-bond donors (Lipinski definition) is 0. The Morgan fingerprint density at radius 1 is 0.583 bits per heavy atom. The topological polar surface area (TPSA) is 34.1 Å². The first-order chi connectivity index (χ1) is 11.5. The van der Waals surface area contributed by atoms with E-state index in [1.54, 1.807) is 48.5 Å². The van der Waals surface area contributed by atoms with Crippen LogP contribution in [-0.2, 0) is 0 Å². The molecular weight excluding hydrogens is 371 g/mol. The molecule has 0 radical (unpaired) electrons. The largest absolute Gasteiger partial charge is 0.289 e. The van der Waals surface area contributed by atoms with Gasteiger partial charge in [0.25, 0.3) is 0 Å². The lowest BCUT2D eigenvalue weighted by molar-refractivity contribution is 0.102. The molecule has 4 heteroatoms. The van der Waals surface area contributed by atoms with Gasteiger partial charge in [-0.1, -0.05) is 40.2 Å². The second-order valence-electron chi connectivity index (χ2n) is 5.25. The molecule has 0 saturated heterocycles. The molecule has 0 atom stereocenters. The molecule has 0 saturated carbocycles. The zero-order valence-electron chi connectivity index (χ0n) is 12.5. The van der Waals surface area contributed by atoms with Crippen molar-refractivity contribution in [2.45, 2.75) is 0 Å². The molecule has 0 aliphatic carbocycles. The van der Waals surface area contributed by atoms with E-state index < -0.39 is 0 Å². The molecule has 0 N–H and O–H groups in total. The lowest BCUT2D eigenvalue weighted by Crippen LogP contribution is -2.04. The second kappa shape index (κ2) is 6.89. The van der Waals surface area contributed by atoms with E-state index in [-0.39, 0.29) is 17.4 Å². The Morgan fingerprint density at radius 3 is 1.25 bits per heavy atom. The lowest BCUT2D eigenvalue weighted by atomic mass is 9.99. The number of benzene rings is 3. The first-order valence-electron chi connectivity index (χ1n) is 7.25. The quantitative estimate of drug-likeness (QED) is 0.591. The highest BCUT2D eigenvalue weighted by Crippen LogP contribution is 2.16. The van der Waals surface area contributed by atoms with Crippen LogP contribution >= 0.6 is 15.9 Å². The van der Waals surface area contributed by atoms with Crippen LogP contribution in [0.3, 0.4) is 0 Å². The van der Waals surface area contributed by atoms with Crippen LogP contribution in [0, 0.1) is 5.82 Å². The van der Waals surface area contributed by atoms with E-state index in [4.69, 9.17) is 0 Å². The summed E-state index contributed by atoms with van der Waals surface area (Å²) in [6.07, 6.45) is 0. The van der Waals surface area contributed by atoms with Crippen molar-refractivity contribution in [3.8, 4) is 0 Å². The normalized spacial score (nSPS) is 10.4. The Balaban J connectivity index is 1.82. The zero-order chi connectivity index (χ0) is 17.1. The monoisotopic (exact) mass is 382 g/mol. The summed E-state index contributed by atoms with van der Waals surface area (Å²) in [7, 11) is 0. The van der Waals surface area contributed by atoms with E-state index in [2.05, 4.69) is 15.9 Å². The first kappa shape index (κ1) is 16.3. The van der Waals surface area contributed by atoms with E-state index in [9.17, 15) is 14.0 Å². The number of halogens is 2. The van der Waals surface area contributed by atoms with Gasteiger partial charge in [0.15, 0.2) is 11.6 Å². The van der Waals surface area contributed by atoms with Gasteiger partial charge in [0.1, 0.15) is 5.82 Å². The van der Waals surface area contributed by atoms with Crippen LogP contribution in [-0.4, -0.2) is 11.6 Å². The van der Waals surface area contributed by atoms with Crippen molar-refractivity contribution in [3.05, 3.63) is 105 Å². The molecule has 0 aromatic heterocycles. The molecule has 0 aliphatic heterocycles. The van der Waals surface area contributed by atoms with Crippen LogP contribution in [0.4, 0.5) is 4.39 Å². The van der Waals surface area contributed by atoms with Crippen LogP contribution in [0.15, 0.2) is 77.3 Å².